The molecule has 0 aliphatic heterocycles. The van der Waals surface area contributed by atoms with Crippen LogP contribution in [0.5, 0.6) is 5.75 Å². The van der Waals surface area contributed by atoms with Crippen LogP contribution < -0.4 is 5.32 Å². The van der Waals surface area contributed by atoms with E-state index >= 15 is 0 Å². The van der Waals surface area contributed by atoms with Gasteiger partial charge in [-0.05, 0) is 30.7 Å². The van der Waals surface area contributed by atoms with E-state index in [1.54, 1.807) is 12.1 Å². The molecule has 0 saturated carbocycles. The molecule has 1 rings (SSSR count). The van der Waals surface area contributed by atoms with Gasteiger partial charge in [0, 0.05) is 6.08 Å². The number of hydrogen-bond donors (Lipinski definition) is 3. The number of phenolic OH excluding ortho intramolecular Hbond substituents is 1. The molecule has 0 unspecified atom stereocenters. The highest BCUT2D eigenvalue weighted by Gasteiger charge is 2.11. The molecule has 3 N–H and O–H groups in total. The summed E-state index contributed by atoms with van der Waals surface area (Å²) in [5.41, 5.74) is 0.737. The molecule has 1 amide bonds. The second-order valence-corrected chi connectivity index (χ2v) is 3.49. The summed E-state index contributed by atoms with van der Waals surface area (Å²) in [6.45, 7) is 1.38. The molecule has 0 radical (unpaired) electrons. The molecule has 0 saturated heterocycles. The Morgan fingerprint density at radius 3 is 2.41 bits per heavy atom. The molecule has 0 aromatic heterocycles. The van der Waals surface area contributed by atoms with Crippen LogP contribution in [0.3, 0.4) is 0 Å². The number of hydrogen-bond acceptors (Lipinski definition) is 3. The Balaban J connectivity index is 2.56. The summed E-state index contributed by atoms with van der Waals surface area (Å²) < 4.78 is 0. The first kappa shape index (κ1) is 12.8. The van der Waals surface area contributed by atoms with Gasteiger partial charge in [-0.1, -0.05) is 12.1 Å². The van der Waals surface area contributed by atoms with Crippen LogP contribution in [-0.4, -0.2) is 28.1 Å². The Labute approximate surface area is 98.4 Å². The van der Waals surface area contributed by atoms with Gasteiger partial charge in [0.1, 0.15) is 11.8 Å². The number of amides is 1. The Hall–Kier alpha value is -2.30. The summed E-state index contributed by atoms with van der Waals surface area (Å²) in [5, 5.41) is 19.9. The van der Waals surface area contributed by atoms with E-state index in [2.05, 4.69) is 5.32 Å². The third-order valence-corrected chi connectivity index (χ3v) is 2.05. The highest BCUT2D eigenvalue weighted by molar-refractivity contribution is 5.94. The summed E-state index contributed by atoms with van der Waals surface area (Å²) in [5.74, 6) is -1.42. The van der Waals surface area contributed by atoms with Crippen molar-refractivity contribution >= 4 is 18.0 Å². The maximum absolute atomic E-state index is 11.3. The summed E-state index contributed by atoms with van der Waals surface area (Å²) in [6.07, 6.45) is 2.77. The number of aliphatic carboxylic acids is 1. The maximum Gasteiger partial charge on any atom is 0.325 e. The summed E-state index contributed by atoms with van der Waals surface area (Å²) >= 11 is 0. The molecule has 0 aliphatic carbocycles. The predicted molar refractivity (Wildman–Crippen MR) is 62.4 cm³/mol. The molecule has 0 aliphatic rings. The van der Waals surface area contributed by atoms with Gasteiger partial charge in [-0.2, -0.15) is 0 Å². The Morgan fingerprint density at radius 2 is 1.88 bits per heavy atom. The Kier molecular flexibility index (Phi) is 4.28. The molecule has 1 atom stereocenters. The number of carbonyl (C=O) groups excluding carboxylic acids is 1. The Morgan fingerprint density at radius 1 is 1.29 bits per heavy atom. The van der Waals surface area contributed by atoms with Crippen LogP contribution in [0.4, 0.5) is 0 Å². The minimum Gasteiger partial charge on any atom is -0.508 e. The van der Waals surface area contributed by atoms with E-state index in [4.69, 9.17) is 10.2 Å². The molecule has 1 aromatic rings. The lowest BCUT2D eigenvalue weighted by Gasteiger charge is -2.05. The number of rotatable bonds is 4. The number of phenols is 1. The quantitative estimate of drug-likeness (QED) is 0.679. The second-order valence-electron chi connectivity index (χ2n) is 3.49. The molecule has 0 bridgehead atoms. The first-order chi connectivity index (χ1) is 7.99. The number of carboxylic acid groups (broad SMARTS) is 1. The molecular formula is C12H13NO4. The van der Waals surface area contributed by atoms with Crippen molar-refractivity contribution in [2.75, 3.05) is 0 Å². The lowest BCUT2D eigenvalue weighted by molar-refractivity contribution is -0.140. The SMILES string of the molecule is C[C@H](NC(=O)C=Cc1ccc(O)cc1)C(=O)O. The van der Waals surface area contributed by atoms with E-state index in [9.17, 15) is 9.59 Å². The van der Waals surface area contributed by atoms with Gasteiger partial charge in [0.2, 0.25) is 5.91 Å². The molecule has 0 fully saturated rings. The van der Waals surface area contributed by atoms with E-state index in [0.717, 1.165) is 5.56 Å². The number of benzene rings is 1. The molecule has 0 heterocycles. The molecule has 0 spiro atoms. The fourth-order valence-electron chi connectivity index (χ4n) is 1.08. The van der Waals surface area contributed by atoms with E-state index in [0.29, 0.717) is 0 Å². The van der Waals surface area contributed by atoms with Crippen LogP contribution in [0.15, 0.2) is 30.3 Å². The fraction of sp³-hybridized carbons (Fsp3) is 0.167. The second kappa shape index (κ2) is 5.69. The molecule has 17 heavy (non-hydrogen) atoms. The third-order valence-electron chi connectivity index (χ3n) is 2.05. The van der Waals surface area contributed by atoms with E-state index in [1.807, 2.05) is 0 Å². The number of aromatic hydroxyl groups is 1. The lowest BCUT2D eigenvalue weighted by atomic mass is 10.2. The summed E-state index contributed by atoms with van der Waals surface area (Å²) in [7, 11) is 0. The van der Waals surface area contributed by atoms with Crippen LogP contribution in [0.1, 0.15) is 12.5 Å². The van der Waals surface area contributed by atoms with E-state index in [1.165, 1.54) is 31.2 Å². The zero-order chi connectivity index (χ0) is 12.8. The summed E-state index contributed by atoms with van der Waals surface area (Å²) in [6, 6.07) is 5.35. The van der Waals surface area contributed by atoms with Crippen molar-refractivity contribution in [1.29, 1.82) is 0 Å². The highest BCUT2D eigenvalue weighted by Crippen LogP contribution is 2.10. The van der Waals surface area contributed by atoms with Gasteiger partial charge < -0.3 is 15.5 Å². The number of carboxylic acids is 1. The zero-order valence-corrected chi connectivity index (χ0v) is 9.25. The van der Waals surface area contributed by atoms with Crippen LogP contribution in [-0.2, 0) is 9.59 Å². The van der Waals surface area contributed by atoms with Crippen molar-refractivity contribution in [3.05, 3.63) is 35.9 Å². The number of nitrogens with one attached hydrogen (secondary N) is 1. The Bertz CT molecular complexity index is 436. The van der Waals surface area contributed by atoms with Crippen LogP contribution >= 0.6 is 0 Å². The van der Waals surface area contributed by atoms with E-state index in [-0.39, 0.29) is 5.75 Å². The monoisotopic (exact) mass is 235 g/mol. The average molecular weight is 235 g/mol. The molecule has 1 aromatic carbocycles. The topological polar surface area (TPSA) is 86.6 Å². The van der Waals surface area contributed by atoms with Crippen molar-refractivity contribution in [3.63, 3.8) is 0 Å². The van der Waals surface area contributed by atoms with Crippen molar-refractivity contribution in [2.24, 2.45) is 0 Å². The van der Waals surface area contributed by atoms with Gasteiger partial charge in [0.15, 0.2) is 0 Å². The number of carbonyl (C=O) groups is 2. The summed E-state index contributed by atoms with van der Waals surface area (Å²) in [4.78, 5) is 21.8. The smallest absolute Gasteiger partial charge is 0.325 e. The third kappa shape index (κ3) is 4.38. The first-order valence-corrected chi connectivity index (χ1v) is 4.99. The van der Waals surface area contributed by atoms with Gasteiger partial charge in [0.25, 0.3) is 0 Å². The standard InChI is InChI=1S/C12H13NO4/c1-8(12(16)17)13-11(15)7-4-9-2-5-10(14)6-3-9/h2-8,14H,1H3,(H,13,15)(H,16,17)/t8-/m0/s1. The van der Waals surface area contributed by atoms with Crippen LogP contribution in [0.25, 0.3) is 6.08 Å². The minimum atomic E-state index is -1.09. The van der Waals surface area contributed by atoms with Gasteiger partial charge in [0.05, 0.1) is 0 Å². The molecule has 5 heteroatoms. The minimum absolute atomic E-state index is 0.145. The van der Waals surface area contributed by atoms with Crippen molar-refractivity contribution < 1.29 is 19.8 Å². The van der Waals surface area contributed by atoms with Crippen molar-refractivity contribution in [3.8, 4) is 5.75 Å². The lowest BCUT2D eigenvalue weighted by Crippen LogP contribution is -2.37. The van der Waals surface area contributed by atoms with Crippen LogP contribution in [0, 0.1) is 0 Å². The predicted octanol–water partition coefficient (Wildman–Crippen LogP) is 0.995. The average Bonchev–Trinajstić information content (AvgIpc) is 2.28. The van der Waals surface area contributed by atoms with Crippen molar-refractivity contribution in [2.45, 2.75) is 13.0 Å². The highest BCUT2D eigenvalue weighted by atomic mass is 16.4. The van der Waals surface area contributed by atoms with Gasteiger partial charge >= 0.3 is 5.97 Å². The van der Waals surface area contributed by atoms with Crippen LogP contribution in [0.2, 0.25) is 0 Å². The molecular weight excluding hydrogens is 222 g/mol. The van der Waals surface area contributed by atoms with Gasteiger partial charge in [-0.25, -0.2) is 0 Å². The largest absolute Gasteiger partial charge is 0.508 e. The van der Waals surface area contributed by atoms with Gasteiger partial charge in [-0.15, -0.1) is 0 Å². The van der Waals surface area contributed by atoms with E-state index < -0.39 is 17.9 Å². The molecule has 5 nitrogen and oxygen atoms in total. The maximum atomic E-state index is 11.3. The zero-order valence-electron chi connectivity index (χ0n) is 9.25. The fourth-order valence-corrected chi connectivity index (χ4v) is 1.08. The molecule has 90 valence electrons. The van der Waals surface area contributed by atoms with Gasteiger partial charge in [-0.3, -0.25) is 9.59 Å². The first-order valence-electron chi connectivity index (χ1n) is 4.99. The normalized spacial score (nSPS) is 12.3. The van der Waals surface area contributed by atoms with Crippen molar-refractivity contribution in [1.82, 2.24) is 5.32 Å².